The van der Waals surface area contributed by atoms with E-state index in [-0.39, 0.29) is 11.7 Å². The summed E-state index contributed by atoms with van der Waals surface area (Å²) in [7, 11) is 2.99. The summed E-state index contributed by atoms with van der Waals surface area (Å²) < 4.78 is 0. The number of aromatic hydroxyl groups is 1. The van der Waals surface area contributed by atoms with Gasteiger partial charge in [0, 0.05) is 18.4 Å². The van der Waals surface area contributed by atoms with Crippen LogP contribution in [0.5, 0.6) is 5.75 Å². The Morgan fingerprint density at radius 2 is 2.28 bits per heavy atom. The third-order valence-electron chi connectivity index (χ3n) is 2.65. The number of nitrogens with zero attached hydrogens (tertiary/aromatic N) is 2. The molecule has 0 bridgehead atoms. The zero-order valence-corrected chi connectivity index (χ0v) is 11.0. The number of rotatable bonds is 3. The topological polar surface area (TPSA) is 62.1 Å². The molecule has 0 radical (unpaired) electrons. The average Bonchev–Trinajstić information content (AvgIpc) is 2.87. The lowest BCUT2D eigenvalue weighted by Gasteiger charge is -2.15. The number of likely N-dealkylation sites (N-methyl/N-ethyl adjacent to an activating group) is 1. The van der Waals surface area contributed by atoms with E-state index in [2.05, 4.69) is 4.99 Å². The molecule has 2 rings (SSSR count). The van der Waals surface area contributed by atoms with Gasteiger partial charge in [-0.25, -0.2) is 5.06 Å². The van der Waals surface area contributed by atoms with Gasteiger partial charge in [0.25, 0.3) is 5.91 Å². The molecule has 0 fully saturated rings. The normalized spacial score (nSPS) is 18.6. The van der Waals surface area contributed by atoms with E-state index in [0.717, 1.165) is 0 Å². The Morgan fingerprint density at radius 3 is 2.94 bits per heavy atom. The molecule has 0 unspecified atom stereocenters. The molecule has 0 saturated carbocycles. The van der Waals surface area contributed by atoms with Crippen LogP contribution in [0, 0.1) is 0 Å². The van der Waals surface area contributed by atoms with Crippen LogP contribution < -0.4 is 0 Å². The van der Waals surface area contributed by atoms with Gasteiger partial charge in [-0.2, -0.15) is 0 Å². The van der Waals surface area contributed by atoms with Crippen LogP contribution >= 0.6 is 11.8 Å². The van der Waals surface area contributed by atoms with Crippen molar-refractivity contribution >= 4 is 22.7 Å². The van der Waals surface area contributed by atoms with Gasteiger partial charge in [-0.05, 0) is 12.1 Å². The highest BCUT2D eigenvalue weighted by molar-refractivity contribution is 8.14. The maximum atomic E-state index is 11.9. The molecular formula is C12H14N2O3S. The van der Waals surface area contributed by atoms with Crippen molar-refractivity contribution in [2.75, 3.05) is 19.9 Å². The minimum absolute atomic E-state index is 0.178. The number of carbonyl (C=O) groups is 1. The standard InChI is InChI=1S/C12H14N2O3S/c1-14(17-2)12(16)9-7-18-11(13-9)8-5-3-4-6-10(8)15/h3-6,9,15H,7H2,1-2H3/t9-/m1/s1. The van der Waals surface area contributed by atoms with Gasteiger partial charge in [-0.15, -0.1) is 11.8 Å². The van der Waals surface area contributed by atoms with Crippen LogP contribution in [0.4, 0.5) is 0 Å². The molecule has 5 nitrogen and oxygen atoms in total. The molecule has 6 heteroatoms. The highest BCUT2D eigenvalue weighted by Gasteiger charge is 2.29. The van der Waals surface area contributed by atoms with Gasteiger partial charge in [0.15, 0.2) is 0 Å². The maximum absolute atomic E-state index is 11.9. The number of hydroxylamine groups is 2. The van der Waals surface area contributed by atoms with Gasteiger partial charge in [0.05, 0.1) is 7.11 Å². The lowest BCUT2D eigenvalue weighted by molar-refractivity contribution is -0.169. The van der Waals surface area contributed by atoms with Gasteiger partial charge in [-0.3, -0.25) is 14.6 Å². The first-order valence-electron chi connectivity index (χ1n) is 5.44. The van der Waals surface area contributed by atoms with Gasteiger partial charge in [-0.1, -0.05) is 12.1 Å². The second kappa shape index (κ2) is 5.41. The fourth-order valence-electron chi connectivity index (χ4n) is 1.60. The SMILES string of the molecule is CON(C)C(=O)[C@H]1CSC(c2ccccc2O)=N1. The summed E-state index contributed by atoms with van der Waals surface area (Å²) in [4.78, 5) is 21.0. The Morgan fingerprint density at radius 1 is 1.56 bits per heavy atom. The first-order chi connectivity index (χ1) is 8.63. The van der Waals surface area contributed by atoms with E-state index in [1.807, 2.05) is 6.07 Å². The smallest absolute Gasteiger partial charge is 0.271 e. The van der Waals surface area contributed by atoms with Crippen LogP contribution in [0.15, 0.2) is 29.3 Å². The van der Waals surface area contributed by atoms with Crippen molar-refractivity contribution in [2.24, 2.45) is 4.99 Å². The number of phenols is 1. The molecule has 1 aromatic rings. The molecule has 18 heavy (non-hydrogen) atoms. The lowest BCUT2D eigenvalue weighted by atomic mass is 10.2. The Kier molecular flexibility index (Phi) is 3.88. The fraction of sp³-hybridized carbons (Fsp3) is 0.333. The van der Waals surface area contributed by atoms with Gasteiger partial charge < -0.3 is 5.11 Å². The minimum atomic E-state index is -0.449. The summed E-state index contributed by atoms with van der Waals surface area (Å²) >= 11 is 1.46. The number of hydrogen-bond donors (Lipinski definition) is 1. The van der Waals surface area contributed by atoms with E-state index in [0.29, 0.717) is 16.4 Å². The van der Waals surface area contributed by atoms with E-state index >= 15 is 0 Å². The number of benzene rings is 1. The third-order valence-corrected chi connectivity index (χ3v) is 3.74. The Balaban J connectivity index is 2.19. The van der Waals surface area contributed by atoms with Crippen molar-refractivity contribution in [3.05, 3.63) is 29.8 Å². The van der Waals surface area contributed by atoms with E-state index in [9.17, 15) is 9.90 Å². The van der Waals surface area contributed by atoms with E-state index in [1.165, 1.54) is 23.9 Å². The number of carbonyl (C=O) groups excluding carboxylic acids is 1. The van der Waals surface area contributed by atoms with Crippen LogP contribution in [0.1, 0.15) is 5.56 Å². The second-order valence-corrected chi connectivity index (χ2v) is 4.81. The highest BCUT2D eigenvalue weighted by Crippen LogP contribution is 2.28. The highest BCUT2D eigenvalue weighted by atomic mass is 32.2. The molecule has 1 amide bonds. The van der Waals surface area contributed by atoms with Crippen molar-refractivity contribution in [2.45, 2.75) is 6.04 Å². The summed E-state index contributed by atoms with van der Waals surface area (Å²) in [5.74, 6) is 0.559. The largest absolute Gasteiger partial charge is 0.507 e. The summed E-state index contributed by atoms with van der Waals surface area (Å²) in [6, 6.07) is 6.52. The Bertz CT molecular complexity index is 490. The molecule has 1 aliphatic heterocycles. The molecule has 0 aromatic heterocycles. The summed E-state index contributed by atoms with van der Waals surface area (Å²) in [6.45, 7) is 0. The summed E-state index contributed by atoms with van der Waals surface area (Å²) in [5.41, 5.74) is 0.665. The monoisotopic (exact) mass is 266 g/mol. The van der Waals surface area contributed by atoms with Gasteiger partial charge >= 0.3 is 0 Å². The number of aliphatic imine (C=N–C) groups is 1. The second-order valence-electron chi connectivity index (χ2n) is 3.80. The van der Waals surface area contributed by atoms with E-state index in [1.54, 1.807) is 25.2 Å². The van der Waals surface area contributed by atoms with Crippen molar-refractivity contribution in [3.8, 4) is 5.75 Å². The zero-order chi connectivity index (χ0) is 13.1. The molecule has 0 spiro atoms. The molecule has 1 heterocycles. The van der Waals surface area contributed by atoms with Crippen molar-refractivity contribution < 1.29 is 14.7 Å². The summed E-state index contributed by atoms with van der Waals surface area (Å²) in [5, 5.41) is 11.6. The molecular weight excluding hydrogens is 252 g/mol. The predicted molar refractivity (Wildman–Crippen MR) is 70.7 cm³/mol. The fourth-order valence-corrected chi connectivity index (χ4v) is 2.66. The number of para-hydroxylation sites is 1. The Hall–Kier alpha value is -1.53. The molecule has 1 aliphatic rings. The van der Waals surface area contributed by atoms with Crippen LogP contribution in [-0.2, 0) is 9.63 Å². The van der Waals surface area contributed by atoms with Crippen LogP contribution in [-0.4, -0.2) is 47.1 Å². The third kappa shape index (κ3) is 2.49. The van der Waals surface area contributed by atoms with E-state index < -0.39 is 6.04 Å². The molecule has 0 aliphatic carbocycles. The number of amides is 1. The van der Waals surface area contributed by atoms with Crippen LogP contribution in [0.25, 0.3) is 0 Å². The predicted octanol–water partition coefficient (Wildman–Crippen LogP) is 1.27. The van der Waals surface area contributed by atoms with E-state index in [4.69, 9.17) is 4.84 Å². The minimum Gasteiger partial charge on any atom is -0.507 e. The lowest BCUT2D eigenvalue weighted by Crippen LogP contribution is -2.34. The van der Waals surface area contributed by atoms with Gasteiger partial charge in [0.1, 0.15) is 16.8 Å². The summed E-state index contributed by atoms with van der Waals surface area (Å²) in [6.07, 6.45) is 0. The first kappa shape index (κ1) is 12.9. The van der Waals surface area contributed by atoms with Crippen molar-refractivity contribution in [1.82, 2.24) is 5.06 Å². The average molecular weight is 266 g/mol. The number of phenolic OH excluding ortho intramolecular Hbond substituents is 1. The van der Waals surface area contributed by atoms with Crippen molar-refractivity contribution in [3.63, 3.8) is 0 Å². The van der Waals surface area contributed by atoms with Gasteiger partial charge in [0.2, 0.25) is 0 Å². The zero-order valence-electron chi connectivity index (χ0n) is 10.2. The quantitative estimate of drug-likeness (QED) is 0.837. The van der Waals surface area contributed by atoms with Crippen LogP contribution in [0.3, 0.4) is 0 Å². The molecule has 96 valence electrons. The molecule has 1 aromatic carbocycles. The molecule has 1 atom stereocenters. The van der Waals surface area contributed by atoms with Crippen molar-refractivity contribution in [1.29, 1.82) is 0 Å². The molecule has 0 saturated heterocycles. The maximum Gasteiger partial charge on any atom is 0.271 e. The number of thioether (sulfide) groups is 1. The first-order valence-corrected chi connectivity index (χ1v) is 6.42. The Labute approximate surface area is 109 Å². The molecule has 1 N–H and O–H groups in total. The van der Waals surface area contributed by atoms with Crippen LogP contribution in [0.2, 0.25) is 0 Å². The number of hydrogen-bond acceptors (Lipinski definition) is 5.